The Labute approximate surface area is 129 Å². The van der Waals surface area contributed by atoms with Crippen LogP contribution in [0.4, 0.5) is 5.69 Å². The molecule has 21 heavy (non-hydrogen) atoms. The molecule has 0 bridgehead atoms. The van der Waals surface area contributed by atoms with Crippen LogP contribution in [0, 0.1) is 0 Å². The van der Waals surface area contributed by atoms with Crippen LogP contribution in [0.3, 0.4) is 0 Å². The van der Waals surface area contributed by atoms with Crippen molar-refractivity contribution in [2.24, 2.45) is 0 Å². The van der Waals surface area contributed by atoms with Crippen molar-refractivity contribution < 1.29 is 0 Å². The van der Waals surface area contributed by atoms with Crippen molar-refractivity contribution in [3.63, 3.8) is 0 Å². The highest BCUT2D eigenvalue weighted by atomic mass is 32.2. The lowest BCUT2D eigenvalue weighted by Crippen LogP contribution is -2.02. The van der Waals surface area contributed by atoms with E-state index in [-0.39, 0.29) is 0 Å². The minimum Gasteiger partial charge on any atom is -0.399 e. The van der Waals surface area contributed by atoms with Gasteiger partial charge in [-0.15, -0.1) is 10.2 Å². The van der Waals surface area contributed by atoms with Crippen molar-refractivity contribution in [3.8, 4) is 0 Å². The summed E-state index contributed by atoms with van der Waals surface area (Å²) in [6.07, 6.45) is 6.22. The van der Waals surface area contributed by atoms with Gasteiger partial charge in [0.25, 0.3) is 0 Å². The second kappa shape index (κ2) is 5.37. The molecule has 0 saturated heterocycles. The van der Waals surface area contributed by atoms with E-state index >= 15 is 0 Å². The number of thioether (sulfide) groups is 1. The molecule has 0 unspecified atom stereocenters. The second-order valence-corrected chi connectivity index (χ2v) is 7.12. The Morgan fingerprint density at radius 1 is 1.10 bits per heavy atom. The van der Waals surface area contributed by atoms with Crippen LogP contribution in [-0.2, 0) is 6.42 Å². The third-order valence-corrected chi connectivity index (χ3v) is 5.09. The smallest absolute Gasteiger partial charge is 0.191 e. The van der Waals surface area contributed by atoms with Crippen molar-refractivity contribution in [2.45, 2.75) is 49.2 Å². The van der Waals surface area contributed by atoms with Crippen molar-refractivity contribution in [1.29, 1.82) is 0 Å². The summed E-state index contributed by atoms with van der Waals surface area (Å²) < 4.78 is 2.42. The first-order chi connectivity index (χ1) is 10.3. The van der Waals surface area contributed by atoms with Gasteiger partial charge in [-0.25, -0.2) is 0 Å². The van der Waals surface area contributed by atoms with Gasteiger partial charge in [0.1, 0.15) is 5.82 Å². The Kier molecular flexibility index (Phi) is 3.37. The number of hydrogen-bond donors (Lipinski definition) is 1. The third-order valence-electron chi connectivity index (χ3n) is 4.15. The Balaban J connectivity index is 1.41. The molecule has 2 aliphatic rings. The first kappa shape index (κ1) is 13.2. The van der Waals surface area contributed by atoms with E-state index in [4.69, 9.17) is 5.73 Å². The van der Waals surface area contributed by atoms with E-state index < -0.39 is 0 Å². The monoisotopic (exact) mass is 300 g/mol. The van der Waals surface area contributed by atoms with Crippen molar-refractivity contribution in [1.82, 2.24) is 14.8 Å². The lowest BCUT2D eigenvalue weighted by Gasteiger charge is -2.08. The maximum atomic E-state index is 5.72. The molecule has 2 aliphatic carbocycles. The van der Waals surface area contributed by atoms with E-state index in [0.717, 1.165) is 23.0 Å². The fourth-order valence-corrected chi connectivity index (χ4v) is 3.63. The molecule has 1 aromatic heterocycles. The molecule has 0 amide bonds. The summed E-state index contributed by atoms with van der Waals surface area (Å²) in [5.74, 6) is 2.97. The maximum Gasteiger partial charge on any atom is 0.191 e. The molecule has 2 saturated carbocycles. The number of benzene rings is 1. The van der Waals surface area contributed by atoms with Crippen molar-refractivity contribution in [3.05, 3.63) is 35.7 Å². The van der Waals surface area contributed by atoms with E-state index in [9.17, 15) is 0 Å². The lowest BCUT2D eigenvalue weighted by molar-refractivity contribution is 0.627. The molecule has 0 radical (unpaired) electrons. The van der Waals surface area contributed by atoms with Gasteiger partial charge in [-0.1, -0.05) is 23.9 Å². The average Bonchev–Trinajstić information content (AvgIpc) is 3.40. The summed E-state index contributed by atoms with van der Waals surface area (Å²) in [5.41, 5.74) is 7.87. The van der Waals surface area contributed by atoms with E-state index in [1.54, 1.807) is 0 Å². The fourth-order valence-electron chi connectivity index (χ4n) is 2.63. The van der Waals surface area contributed by atoms with Gasteiger partial charge in [0.2, 0.25) is 0 Å². The highest BCUT2D eigenvalue weighted by Crippen LogP contribution is 2.45. The molecular formula is C16H20N4S. The second-order valence-electron chi connectivity index (χ2n) is 6.06. The van der Waals surface area contributed by atoms with Gasteiger partial charge in [0, 0.05) is 23.4 Å². The number of nitrogens with zero attached hydrogens (tertiary/aromatic N) is 3. The molecule has 4 rings (SSSR count). The van der Waals surface area contributed by atoms with Gasteiger partial charge < -0.3 is 10.3 Å². The van der Waals surface area contributed by atoms with E-state index in [1.165, 1.54) is 37.1 Å². The topological polar surface area (TPSA) is 56.7 Å². The predicted octanol–water partition coefficient (Wildman–Crippen LogP) is 3.41. The zero-order chi connectivity index (χ0) is 14.2. The number of nitrogens with two attached hydrogens (primary N) is 1. The van der Waals surface area contributed by atoms with Crippen LogP contribution in [0.1, 0.15) is 49.0 Å². The molecule has 0 spiro atoms. The standard InChI is InChI=1S/C16H20N4S/c17-13-5-1-11(2-6-13)9-10-21-16-19-18-15(12-3-4-12)20(16)14-7-8-14/h1-2,5-6,12,14H,3-4,7-10,17H2. The minimum atomic E-state index is 0.676. The van der Waals surface area contributed by atoms with Crippen LogP contribution in [0.15, 0.2) is 29.4 Å². The third kappa shape index (κ3) is 2.93. The zero-order valence-corrected chi connectivity index (χ0v) is 12.9. The van der Waals surface area contributed by atoms with Gasteiger partial charge >= 0.3 is 0 Å². The van der Waals surface area contributed by atoms with Crippen LogP contribution in [-0.4, -0.2) is 20.5 Å². The Morgan fingerprint density at radius 3 is 2.52 bits per heavy atom. The average molecular weight is 300 g/mol. The molecule has 4 nitrogen and oxygen atoms in total. The summed E-state index contributed by atoms with van der Waals surface area (Å²) in [6, 6.07) is 8.83. The summed E-state index contributed by atoms with van der Waals surface area (Å²) in [4.78, 5) is 0. The van der Waals surface area contributed by atoms with Crippen molar-refractivity contribution in [2.75, 3.05) is 11.5 Å². The summed E-state index contributed by atoms with van der Waals surface area (Å²) in [7, 11) is 0. The number of rotatable bonds is 6. The van der Waals surface area contributed by atoms with Gasteiger partial charge in [0.05, 0.1) is 0 Å². The number of nitrogen functional groups attached to an aromatic ring is 1. The largest absolute Gasteiger partial charge is 0.399 e. The normalized spacial score (nSPS) is 18.1. The molecular weight excluding hydrogens is 280 g/mol. The summed E-state index contributed by atoms with van der Waals surface area (Å²) in [5, 5.41) is 10.0. The first-order valence-electron chi connectivity index (χ1n) is 7.73. The van der Waals surface area contributed by atoms with Crippen LogP contribution < -0.4 is 5.73 Å². The van der Waals surface area contributed by atoms with Gasteiger partial charge in [-0.2, -0.15) is 0 Å². The molecule has 1 heterocycles. The highest BCUT2D eigenvalue weighted by molar-refractivity contribution is 7.99. The fraction of sp³-hybridized carbons (Fsp3) is 0.500. The van der Waals surface area contributed by atoms with E-state index in [1.807, 2.05) is 23.9 Å². The Hall–Kier alpha value is -1.49. The Morgan fingerprint density at radius 2 is 1.86 bits per heavy atom. The molecule has 2 fully saturated rings. The summed E-state index contributed by atoms with van der Waals surface area (Å²) >= 11 is 1.84. The maximum absolute atomic E-state index is 5.72. The van der Waals surface area contributed by atoms with Crippen LogP contribution in [0.2, 0.25) is 0 Å². The number of aryl methyl sites for hydroxylation is 1. The molecule has 2 aromatic rings. The minimum absolute atomic E-state index is 0.676. The molecule has 5 heteroatoms. The molecule has 110 valence electrons. The molecule has 0 atom stereocenters. The molecule has 2 N–H and O–H groups in total. The number of anilines is 1. The Bertz CT molecular complexity index is 626. The van der Waals surface area contributed by atoms with Gasteiger partial charge in [-0.05, 0) is 49.8 Å². The zero-order valence-electron chi connectivity index (χ0n) is 12.0. The van der Waals surface area contributed by atoms with Crippen LogP contribution in [0.5, 0.6) is 0 Å². The first-order valence-corrected chi connectivity index (χ1v) is 8.72. The quantitative estimate of drug-likeness (QED) is 0.656. The molecule has 0 aliphatic heterocycles. The van der Waals surface area contributed by atoms with Gasteiger partial charge in [-0.3, -0.25) is 0 Å². The number of hydrogen-bond acceptors (Lipinski definition) is 4. The highest BCUT2D eigenvalue weighted by Gasteiger charge is 2.36. The summed E-state index contributed by atoms with van der Waals surface area (Å²) in [6.45, 7) is 0. The molecule has 1 aromatic carbocycles. The SMILES string of the molecule is Nc1ccc(CCSc2nnc(C3CC3)n2C2CC2)cc1. The van der Waals surface area contributed by atoms with E-state index in [0.29, 0.717) is 12.0 Å². The van der Waals surface area contributed by atoms with Gasteiger partial charge in [0.15, 0.2) is 5.16 Å². The lowest BCUT2D eigenvalue weighted by atomic mass is 10.2. The predicted molar refractivity (Wildman–Crippen MR) is 85.6 cm³/mol. The van der Waals surface area contributed by atoms with Crippen LogP contribution in [0.25, 0.3) is 0 Å². The van der Waals surface area contributed by atoms with E-state index in [2.05, 4.69) is 26.9 Å². The van der Waals surface area contributed by atoms with Crippen LogP contribution >= 0.6 is 11.8 Å². The number of aromatic nitrogens is 3. The van der Waals surface area contributed by atoms with Crippen molar-refractivity contribution >= 4 is 17.4 Å².